The Morgan fingerprint density at radius 1 is 1.00 bits per heavy atom. The van der Waals surface area contributed by atoms with Crippen LogP contribution in [-0.2, 0) is 14.8 Å². The van der Waals surface area contributed by atoms with E-state index in [4.69, 9.17) is 4.74 Å². The number of nitrogens with zero attached hydrogens (tertiary/aromatic N) is 3. The maximum Gasteiger partial charge on any atom is 0.259 e. The van der Waals surface area contributed by atoms with Crippen molar-refractivity contribution in [3.8, 4) is 5.75 Å². The van der Waals surface area contributed by atoms with Gasteiger partial charge in [0.1, 0.15) is 5.75 Å². The molecule has 0 unspecified atom stereocenters. The molecule has 10 heteroatoms. The minimum absolute atomic E-state index is 0.184. The fourth-order valence-corrected chi connectivity index (χ4v) is 4.81. The quantitative estimate of drug-likeness (QED) is 0.626. The number of sulfonamides is 1. The molecule has 1 aliphatic rings. The predicted molar refractivity (Wildman–Crippen MR) is 126 cm³/mol. The minimum Gasteiger partial charge on any atom is -0.483 e. The van der Waals surface area contributed by atoms with Gasteiger partial charge in [0.25, 0.3) is 11.8 Å². The van der Waals surface area contributed by atoms with E-state index in [1.54, 1.807) is 50.5 Å². The lowest BCUT2D eigenvalue weighted by Crippen LogP contribution is -2.48. The highest BCUT2D eigenvalue weighted by Crippen LogP contribution is 2.22. The Morgan fingerprint density at radius 2 is 1.64 bits per heavy atom. The summed E-state index contributed by atoms with van der Waals surface area (Å²) in [7, 11) is -0.334. The van der Waals surface area contributed by atoms with Gasteiger partial charge in [0.05, 0.1) is 10.5 Å². The van der Waals surface area contributed by atoms with Crippen molar-refractivity contribution in [1.82, 2.24) is 14.1 Å². The summed E-state index contributed by atoms with van der Waals surface area (Å²) in [6.45, 7) is 5.13. The number of hydrogen-bond acceptors (Lipinski definition) is 6. The van der Waals surface area contributed by atoms with Crippen LogP contribution in [0.1, 0.15) is 17.3 Å². The lowest BCUT2D eigenvalue weighted by atomic mass is 10.2. The van der Waals surface area contributed by atoms with E-state index in [1.807, 2.05) is 0 Å². The van der Waals surface area contributed by atoms with Crippen LogP contribution in [0.4, 0.5) is 5.69 Å². The topological polar surface area (TPSA) is 99.3 Å². The number of ether oxygens (including phenoxy) is 1. The molecule has 9 nitrogen and oxygen atoms in total. The van der Waals surface area contributed by atoms with E-state index in [0.29, 0.717) is 31.9 Å². The first-order chi connectivity index (χ1) is 15.7. The second-order valence-corrected chi connectivity index (χ2v) is 9.83. The highest BCUT2D eigenvalue weighted by atomic mass is 32.2. The van der Waals surface area contributed by atoms with Crippen LogP contribution in [0.2, 0.25) is 0 Å². The highest BCUT2D eigenvalue weighted by molar-refractivity contribution is 7.89. The molecule has 0 saturated carbocycles. The molecule has 2 aromatic rings. The van der Waals surface area contributed by atoms with Gasteiger partial charge in [0.15, 0.2) is 6.61 Å². The Morgan fingerprint density at radius 3 is 2.24 bits per heavy atom. The number of carbonyl (C=O) groups is 2. The van der Waals surface area contributed by atoms with Crippen molar-refractivity contribution in [2.24, 2.45) is 0 Å². The van der Waals surface area contributed by atoms with Crippen molar-refractivity contribution >= 4 is 27.5 Å². The van der Waals surface area contributed by atoms with Gasteiger partial charge in [0, 0.05) is 46.0 Å². The molecule has 2 aromatic carbocycles. The van der Waals surface area contributed by atoms with E-state index < -0.39 is 15.9 Å². The number of benzene rings is 2. The average Bonchev–Trinajstić information content (AvgIpc) is 2.83. The molecule has 0 aromatic heterocycles. The van der Waals surface area contributed by atoms with Gasteiger partial charge >= 0.3 is 0 Å². The smallest absolute Gasteiger partial charge is 0.259 e. The molecule has 33 heavy (non-hydrogen) atoms. The van der Waals surface area contributed by atoms with Crippen LogP contribution in [-0.4, -0.2) is 87.8 Å². The maximum absolute atomic E-state index is 12.9. The van der Waals surface area contributed by atoms with E-state index in [9.17, 15) is 18.0 Å². The number of para-hydroxylation sites is 1. The van der Waals surface area contributed by atoms with Crippen LogP contribution in [0.5, 0.6) is 5.75 Å². The van der Waals surface area contributed by atoms with Gasteiger partial charge in [-0.3, -0.25) is 9.59 Å². The van der Waals surface area contributed by atoms with Crippen LogP contribution in [0, 0.1) is 0 Å². The molecule has 1 fully saturated rings. The van der Waals surface area contributed by atoms with E-state index in [2.05, 4.69) is 17.1 Å². The highest BCUT2D eigenvalue weighted by Gasteiger charge is 2.28. The summed E-state index contributed by atoms with van der Waals surface area (Å²) in [5.74, 6) is -0.358. The molecule has 178 valence electrons. The zero-order valence-corrected chi connectivity index (χ0v) is 20.0. The predicted octanol–water partition coefficient (Wildman–Crippen LogP) is 1.73. The van der Waals surface area contributed by atoms with Gasteiger partial charge in [-0.25, -0.2) is 8.42 Å². The Labute approximate surface area is 195 Å². The van der Waals surface area contributed by atoms with Gasteiger partial charge in [-0.1, -0.05) is 19.1 Å². The zero-order valence-electron chi connectivity index (χ0n) is 19.2. The molecule has 1 aliphatic heterocycles. The average molecular weight is 475 g/mol. The molecule has 0 radical (unpaired) electrons. The second kappa shape index (κ2) is 10.8. The minimum atomic E-state index is -3.58. The van der Waals surface area contributed by atoms with Crippen LogP contribution < -0.4 is 10.1 Å². The van der Waals surface area contributed by atoms with E-state index in [-0.39, 0.29) is 28.7 Å². The molecule has 0 atom stereocenters. The van der Waals surface area contributed by atoms with Gasteiger partial charge in [0.2, 0.25) is 10.0 Å². The summed E-state index contributed by atoms with van der Waals surface area (Å²) >= 11 is 0. The summed E-state index contributed by atoms with van der Waals surface area (Å²) in [5.41, 5.74) is 0.725. The monoisotopic (exact) mass is 474 g/mol. The van der Waals surface area contributed by atoms with Crippen molar-refractivity contribution < 1.29 is 22.7 Å². The van der Waals surface area contributed by atoms with Gasteiger partial charge < -0.3 is 19.9 Å². The largest absolute Gasteiger partial charge is 0.483 e. The maximum atomic E-state index is 12.9. The lowest BCUT2D eigenvalue weighted by molar-refractivity contribution is -0.130. The molecule has 0 bridgehead atoms. The standard InChI is InChI=1S/C23H30N4O5S/c1-4-26-13-15-27(16-14-26)33(30,31)19-11-9-18(10-12-19)24-23(29)20-7-5-6-8-21(20)32-17-22(28)25(2)3/h5-12H,4,13-17H2,1-3H3,(H,24,29). The fourth-order valence-electron chi connectivity index (χ4n) is 3.39. The number of amides is 2. The number of piperazine rings is 1. The SMILES string of the molecule is CCN1CCN(S(=O)(=O)c2ccc(NC(=O)c3ccccc3OCC(=O)N(C)C)cc2)CC1. The molecule has 3 rings (SSSR count). The molecule has 1 N–H and O–H groups in total. The molecular formula is C23H30N4O5S. The normalized spacial score (nSPS) is 15.1. The number of nitrogens with one attached hydrogen (secondary N) is 1. The molecule has 1 saturated heterocycles. The van der Waals surface area contributed by atoms with Gasteiger partial charge in [-0.15, -0.1) is 0 Å². The third kappa shape index (κ3) is 6.10. The lowest BCUT2D eigenvalue weighted by Gasteiger charge is -2.33. The number of likely N-dealkylation sites (N-methyl/N-ethyl adjacent to an activating group) is 2. The van der Waals surface area contributed by atoms with Crippen LogP contribution in [0.3, 0.4) is 0 Å². The summed E-state index contributed by atoms with van der Waals surface area (Å²) < 4.78 is 32.9. The first-order valence-electron chi connectivity index (χ1n) is 10.8. The fraction of sp³-hybridized carbons (Fsp3) is 0.391. The third-order valence-corrected chi connectivity index (χ3v) is 7.42. The van der Waals surface area contributed by atoms with Gasteiger partial charge in [-0.05, 0) is 42.9 Å². The van der Waals surface area contributed by atoms with E-state index >= 15 is 0 Å². The first kappa shape index (κ1) is 24.7. The third-order valence-electron chi connectivity index (χ3n) is 5.51. The van der Waals surface area contributed by atoms with Crippen LogP contribution in [0.25, 0.3) is 0 Å². The summed E-state index contributed by atoms with van der Waals surface area (Å²) in [4.78, 5) is 28.4. The first-order valence-corrected chi connectivity index (χ1v) is 12.2. The van der Waals surface area contributed by atoms with E-state index in [1.165, 1.54) is 21.3 Å². The number of rotatable bonds is 8. The second-order valence-electron chi connectivity index (χ2n) is 7.89. The molecule has 0 aliphatic carbocycles. The molecular weight excluding hydrogens is 444 g/mol. The Hall–Kier alpha value is -2.95. The molecule has 0 spiro atoms. The van der Waals surface area contributed by atoms with Crippen molar-refractivity contribution in [1.29, 1.82) is 0 Å². The van der Waals surface area contributed by atoms with Crippen molar-refractivity contribution in [3.63, 3.8) is 0 Å². The Kier molecular flexibility index (Phi) is 8.06. The zero-order chi connectivity index (χ0) is 24.0. The molecule has 2 amide bonds. The van der Waals surface area contributed by atoms with Crippen molar-refractivity contribution in [3.05, 3.63) is 54.1 Å². The van der Waals surface area contributed by atoms with Crippen LogP contribution >= 0.6 is 0 Å². The van der Waals surface area contributed by atoms with Crippen LogP contribution in [0.15, 0.2) is 53.4 Å². The Bertz CT molecular complexity index is 1080. The number of hydrogen-bond donors (Lipinski definition) is 1. The van der Waals surface area contributed by atoms with Crippen molar-refractivity contribution in [2.45, 2.75) is 11.8 Å². The van der Waals surface area contributed by atoms with Gasteiger partial charge in [-0.2, -0.15) is 4.31 Å². The van der Waals surface area contributed by atoms with E-state index in [0.717, 1.165) is 6.54 Å². The Balaban J connectivity index is 1.67. The van der Waals surface area contributed by atoms with Crippen molar-refractivity contribution in [2.75, 3.05) is 58.7 Å². The summed E-state index contributed by atoms with van der Waals surface area (Å²) in [6.07, 6.45) is 0. The summed E-state index contributed by atoms with van der Waals surface area (Å²) in [6, 6.07) is 12.7. The number of anilines is 1. The molecule has 1 heterocycles. The summed E-state index contributed by atoms with van der Waals surface area (Å²) in [5, 5.41) is 2.75. The number of carbonyl (C=O) groups excluding carboxylic acids is 2.